The zero-order valence-corrected chi connectivity index (χ0v) is 12.5. The van der Waals surface area contributed by atoms with Crippen LogP contribution < -0.4 is 5.73 Å². The van der Waals surface area contributed by atoms with Crippen LogP contribution in [0.25, 0.3) is 21.8 Å². The molecule has 3 rings (SSSR count). The van der Waals surface area contributed by atoms with Gasteiger partial charge in [-0.05, 0) is 0 Å². The first-order valence-electron chi connectivity index (χ1n) is 6.19. The van der Waals surface area contributed by atoms with Crippen molar-refractivity contribution in [3.05, 3.63) is 65.5 Å². The van der Waals surface area contributed by atoms with E-state index in [1.165, 1.54) is 0 Å². The molecule has 2 aromatic carbocycles. The van der Waals surface area contributed by atoms with E-state index in [2.05, 4.69) is 24.3 Å². The fraction of sp³-hybridized carbons (Fsp3) is 0.0625. The highest BCUT2D eigenvalue weighted by molar-refractivity contribution is 7.15. The van der Waals surface area contributed by atoms with E-state index in [9.17, 15) is 0 Å². The molecule has 0 fully saturated rings. The molecule has 2 nitrogen and oxygen atoms in total. The van der Waals surface area contributed by atoms with Crippen molar-refractivity contribution in [2.45, 2.75) is 6.54 Å². The topological polar surface area (TPSA) is 38.9 Å². The Balaban J connectivity index is 0.00000147. The molecule has 0 saturated carbocycles. The molecule has 102 valence electrons. The monoisotopic (exact) mass is 302 g/mol. The van der Waals surface area contributed by atoms with Crippen LogP contribution in [0.5, 0.6) is 0 Å². The van der Waals surface area contributed by atoms with Crippen LogP contribution in [0.15, 0.2) is 60.7 Å². The Morgan fingerprint density at radius 1 is 0.850 bits per heavy atom. The molecular weight excluding hydrogens is 288 g/mol. The van der Waals surface area contributed by atoms with Gasteiger partial charge in [0.2, 0.25) is 0 Å². The summed E-state index contributed by atoms with van der Waals surface area (Å²) in [6, 6.07) is 20.4. The summed E-state index contributed by atoms with van der Waals surface area (Å²) >= 11 is 1.67. The quantitative estimate of drug-likeness (QED) is 0.781. The highest BCUT2D eigenvalue weighted by Gasteiger charge is 2.12. The van der Waals surface area contributed by atoms with Gasteiger partial charge in [-0.25, -0.2) is 4.98 Å². The third-order valence-corrected chi connectivity index (χ3v) is 4.08. The Hall–Kier alpha value is -1.68. The molecule has 20 heavy (non-hydrogen) atoms. The number of hydrogen-bond donors (Lipinski definition) is 1. The summed E-state index contributed by atoms with van der Waals surface area (Å²) in [6.45, 7) is 0.523. The second-order valence-electron chi connectivity index (χ2n) is 4.23. The first kappa shape index (κ1) is 14.7. The van der Waals surface area contributed by atoms with Crippen molar-refractivity contribution in [2.24, 2.45) is 5.73 Å². The van der Waals surface area contributed by atoms with E-state index in [1.807, 2.05) is 36.4 Å². The van der Waals surface area contributed by atoms with Crippen LogP contribution in [0.3, 0.4) is 0 Å². The van der Waals surface area contributed by atoms with Crippen LogP contribution in [0.4, 0.5) is 0 Å². The summed E-state index contributed by atoms with van der Waals surface area (Å²) in [4.78, 5) is 5.89. The summed E-state index contributed by atoms with van der Waals surface area (Å²) in [5.74, 6) is 0. The maximum Gasteiger partial charge on any atom is 0.124 e. The molecule has 0 aliphatic heterocycles. The van der Waals surface area contributed by atoms with E-state index >= 15 is 0 Å². The molecule has 1 aromatic heterocycles. The normalized spacial score (nSPS) is 10.1. The summed E-state index contributed by atoms with van der Waals surface area (Å²) in [5, 5.41) is 1.03. The third-order valence-electron chi connectivity index (χ3n) is 2.95. The molecule has 4 heteroatoms. The zero-order valence-electron chi connectivity index (χ0n) is 10.8. The minimum Gasteiger partial charge on any atom is -0.326 e. The SMILES string of the molecule is Cl.NCc1sc(-c2ccccc2)nc1-c1ccccc1. The van der Waals surface area contributed by atoms with E-state index in [1.54, 1.807) is 11.3 Å². The first-order valence-corrected chi connectivity index (χ1v) is 7.01. The Kier molecular flexibility index (Phi) is 4.90. The Labute approximate surface area is 128 Å². The van der Waals surface area contributed by atoms with Crippen LogP contribution in [0.1, 0.15) is 4.88 Å². The van der Waals surface area contributed by atoms with Crippen LogP contribution in [-0.2, 0) is 6.54 Å². The lowest BCUT2D eigenvalue weighted by molar-refractivity contribution is 1.10. The van der Waals surface area contributed by atoms with Gasteiger partial charge >= 0.3 is 0 Å². The minimum atomic E-state index is 0. The molecule has 0 aliphatic carbocycles. The lowest BCUT2D eigenvalue weighted by atomic mass is 10.1. The second kappa shape index (κ2) is 6.66. The standard InChI is InChI=1S/C16H14N2S.ClH/c17-11-14-15(12-7-3-1-4-8-12)18-16(19-14)13-9-5-2-6-10-13;/h1-10H,11,17H2;1H. The molecule has 0 spiro atoms. The minimum absolute atomic E-state index is 0. The van der Waals surface area contributed by atoms with E-state index < -0.39 is 0 Å². The molecule has 0 aliphatic rings. The zero-order chi connectivity index (χ0) is 13.1. The lowest BCUT2D eigenvalue weighted by Gasteiger charge is -1.98. The van der Waals surface area contributed by atoms with Gasteiger partial charge in [-0.15, -0.1) is 23.7 Å². The van der Waals surface area contributed by atoms with Gasteiger partial charge in [-0.1, -0.05) is 60.7 Å². The van der Waals surface area contributed by atoms with Crippen LogP contribution in [-0.4, -0.2) is 4.98 Å². The smallest absolute Gasteiger partial charge is 0.124 e. The van der Waals surface area contributed by atoms with Crippen molar-refractivity contribution in [3.63, 3.8) is 0 Å². The summed E-state index contributed by atoms with van der Waals surface area (Å²) in [5.41, 5.74) is 9.13. The Morgan fingerprint density at radius 3 is 1.95 bits per heavy atom. The largest absolute Gasteiger partial charge is 0.326 e. The van der Waals surface area contributed by atoms with E-state index in [4.69, 9.17) is 10.7 Å². The maximum atomic E-state index is 5.85. The molecule has 1 heterocycles. The number of thiazole rings is 1. The molecule has 0 saturated heterocycles. The first-order chi connectivity index (χ1) is 9.38. The maximum absolute atomic E-state index is 5.85. The fourth-order valence-corrected chi connectivity index (χ4v) is 2.98. The number of hydrogen-bond acceptors (Lipinski definition) is 3. The predicted molar refractivity (Wildman–Crippen MR) is 88.1 cm³/mol. The Bertz CT molecular complexity index is 665. The van der Waals surface area contributed by atoms with Crippen molar-refractivity contribution in [2.75, 3.05) is 0 Å². The molecule has 2 N–H and O–H groups in total. The van der Waals surface area contributed by atoms with Crippen molar-refractivity contribution >= 4 is 23.7 Å². The van der Waals surface area contributed by atoms with E-state index in [0.29, 0.717) is 6.54 Å². The average Bonchev–Trinajstić information content (AvgIpc) is 2.93. The van der Waals surface area contributed by atoms with Gasteiger partial charge in [-0.2, -0.15) is 0 Å². The summed E-state index contributed by atoms with van der Waals surface area (Å²) in [6.07, 6.45) is 0. The van der Waals surface area contributed by atoms with E-state index in [0.717, 1.165) is 26.7 Å². The van der Waals surface area contributed by atoms with Gasteiger partial charge in [0, 0.05) is 22.5 Å². The summed E-state index contributed by atoms with van der Waals surface area (Å²) < 4.78 is 0. The highest BCUT2D eigenvalue weighted by Crippen LogP contribution is 2.33. The van der Waals surface area contributed by atoms with Crippen molar-refractivity contribution in [3.8, 4) is 21.8 Å². The molecule has 0 radical (unpaired) electrons. The second-order valence-corrected chi connectivity index (χ2v) is 5.31. The average molecular weight is 303 g/mol. The van der Waals surface area contributed by atoms with Gasteiger partial charge in [0.1, 0.15) is 5.01 Å². The Morgan fingerprint density at radius 2 is 1.40 bits per heavy atom. The van der Waals surface area contributed by atoms with Crippen LogP contribution in [0.2, 0.25) is 0 Å². The molecule has 0 amide bonds. The van der Waals surface area contributed by atoms with Crippen molar-refractivity contribution in [1.29, 1.82) is 0 Å². The van der Waals surface area contributed by atoms with Gasteiger partial charge in [-0.3, -0.25) is 0 Å². The molecule has 0 atom stereocenters. The number of halogens is 1. The van der Waals surface area contributed by atoms with Gasteiger partial charge < -0.3 is 5.73 Å². The number of rotatable bonds is 3. The van der Waals surface area contributed by atoms with Gasteiger partial charge in [0.05, 0.1) is 5.69 Å². The van der Waals surface area contributed by atoms with Crippen LogP contribution in [0, 0.1) is 0 Å². The highest BCUT2D eigenvalue weighted by atomic mass is 35.5. The van der Waals surface area contributed by atoms with Gasteiger partial charge in [0.25, 0.3) is 0 Å². The van der Waals surface area contributed by atoms with E-state index in [-0.39, 0.29) is 12.4 Å². The number of nitrogens with two attached hydrogens (primary N) is 1. The number of aromatic nitrogens is 1. The van der Waals surface area contributed by atoms with Gasteiger partial charge in [0.15, 0.2) is 0 Å². The number of nitrogens with zero attached hydrogens (tertiary/aromatic N) is 1. The van der Waals surface area contributed by atoms with Crippen molar-refractivity contribution in [1.82, 2.24) is 4.98 Å². The third kappa shape index (κ3) is 2.90. The molecule has 0 unspecified atom stereocenters. The lowest BCUT2D eigenvalue weighted by Crippen LogP contribution is -1.95. The fourth-order valence-electron chi connectivity index (χ4n) is 2.02. The summed E-state index contributed by atoms with van der Waals surface area (Å²) in [7, 11) is 0. The molecule has 3 aromatic rings. The van der Waals surface area contributed by atoms with Crippen molar-refractivity contribution < 1.29 is 0 Å². The number of benzene rings is 2. The molecule has 0 bridgehead atoms. The predicted octanol–water partition coefficient (Wildman–Crippen LogP) is 4.36. The molecular formula is C16H15ClN2S. The van der Waals surface area contributed by atoms with Crippen LogP contribution >= 0.6 is 23.7 Å².